The van der Waals surface area contributed by atoms with Crippen LogP contribution in [0.1, 0.15) is 5.56 Å². The molecule has 0 heterocycles. The lowest BCUT2D eigenvalue weighted by Gasteiger charge is -2.00. The van der Waals surface area contributed by atoms with E-state index in [1.807, 2.05) is 0 Å². The molecule has 2 nitrogen and oxygen atoms in total. The van der Waals surface area contributed by atoms with Crippen LogP contribution in [0.15, 0.2) is 23.8 Å². The fourth-order valence-electron chi connectivity index (χ4n) is 0.965. The lowest BCUT2D eigenvalue weighted by Crippen LogP contribution is -2.01. The van der Waals surface area contributed by atoms with Crippen LogP contribution in [0.3, 0.4) is 0 Å². The number of rotatable bonds is 3. The minimum Gasteiger partial charge on any atom is -0.275 e. The van der Waals surface area contributed by atoms with E-state index in [1.165, 1.54) is 12.1 Å². The summed E-state index contributed by atoms with van der Waals surface area (Å²) in [5.74, 6) is 0. The monoisotopic (exact) mass is 296 g/mol. The molecule has 1 aromatic carbocycles. The molecule has 0 spiro atoms. The van der Waals surface area contributed by atoms with Gasteiger partial charge in [-0.25, -0.2) is 0 Å². The van der Waals surface area contributed by atoms with Gasteiger partial charge in [0.25, 0.3) is 10.5 Å². The summed E-state index contributed by atoms with van der Waals surface area (Å²) in [5, 5.41) is -1.14. The van der Waals surface area contributed by atoms with Crippen molar-refractivity contribution in [3.63, 3.8) is 0 Å². The van der Waals surface area contributed by atoms with E-state index in [-0.39, 0.29) is 5.57 Å². The molecular formula is C10H4Cl4O2. The Morgan fingerprint density at radius 2 is 1.62 bits per heavy atom. The number of halogens is 4. The minimum atomic E-state index is -0.939. The van der Waals surface area contributed by atoms with Crippen LogP contribution in [0.4, 0.5) is 0 Å². The second-order valence-electron chi connectivity index (χ2n) is 2.77. The summed E-state index contributed by atoms with van der Waals surface area (Å²) in [7, 11) is 0. The van der Waals surface area contributed by atoms with Crippen molar-refractivity contribution in [2.24, 2.45) is 0 Å². The van der Waals surface area contributed by atoms with Gasteiger partial charge < -0.3 is 0 Å². The molecule has 0 aliphatic carbocycles. The molecule has 1 aromatic rings. The molecule has 6 heteroatoms. The largest absolute Gasteiger partial charge is 0.275 e. The van der Waals surface area contributed by atoms with Gasteiger partial charge in [0.2, 0.25) is 0 Å². The van der Waals surface area contributed by atoms with Crippen LogP contribution in [-0.4, -0.2) is 10.5 Å². The molecule has 0 fully saturated rings. The first-order valence-corrected chi connectivity index (χ1v) is 5.49. The molecule has 0 aliphatic rings. The summed E-state index contributed by atoms with van der Waals surface area (Å²) in [6.45, 7) is 0. The molecule has 0 saturated heterocycles. The van der Waals surface area contributed by atoms with Gasteiger partial charge in [-0.05, 0) is 47.0 Å². The SMILES string of the molecule is O=C(Cl)C(=Cc1ccc(Cl)cc1Cl)C(=O)Cl. The Kier molecular flexibility index (Phi) is 4.81. The fraction of sp³-hybridized carbons (Fsp3) is 0. The minimum absolute atomic E-state index is 0.292. The highest BCUT2D eigenvalue weighted by Crippen LogP contribution is 2.24. The van der Waals surface area contributed by atoms with Crippen LogP contribution in [0.5, 0.6) is 0 Å². The number of hydrogen-bond acceptors (Lipinski definition) is 2. The molecule has 1 rings (SSSR count). The Morgan fingerprint density at radius 3 is 2.06 bits per heavy atom. The van der Waals surface area contributed by atoms with Gasteiger partial charge in [0.15, 0.2) is 0 Å². The zero-order valence-electron chi connectivity index (χ0n) is 7.64. The van der Waals surface area contributed by atoms with Crippen molar-refractivity contribution >= 4 is 63.0 Å². The highest BCUT2D eigenvalue weighted by molar-refractivity contribution is 6.80. The van der Waals surface area contributed by atoms with Gasteiger partial charge in [-0.1, -0.05) is 29.3 Å². The van der Waals surface area contributed by atoms with Gasteiger partial charge in [-0.3, -0.25) is 9.59 Å². The van der Waals surface area contributed by atoms with Crippen LogP contribution in [0, 0.1) is 0 Å². The van der Waals surface area contributed by atoms with Crippen LogP contribution >= 0.6 is 46.4 Å². The van der Waals surface area contributed by atoms with E-state index in [0.29, 0.717) is 15.6 Å². The Bertz CT molecular complexity index is 464. The zero-order valence-corrected chi connectivity index (χ0v) is 10.7. The second kappa shape index (κ2) is 5.69. The molecule has 0 aliphatic heterocycles. The van der Waals surface area contributed by atoms with Gasteiger partial charge >= 0.3 is 0 Å². The van der Waals surface area contributed by atoms with Crippen molar-refractivity contribution in [2.75, 3.05) is 0 Å². The third-order valence-corrected chi connectivity index (χ3v) is 2.66. The number of hydrogen-bond donors (Lipinski definition) is 0. The van der Waals surface area contributed by atoms with E-state index >= 15 is 0 Å². The van der Waals surface area contributed by atoms with Gasteiger partial charge in [0.1, 0.15) is 0 Å². The molecule has 0 unspecified atom stereocenters. The molecule has 0 bridgehead atoms. The highest BCUT2D eigenvalue weighted by atomic mass is 35.5. The van der Waals surface area contributed by atoms with Crippen molar-refractivity contribution in [1.82, 2.24) is 0 Å². The maximum Gasteiger partial charge on any atom is 0.257 e. The van der Waals surface area contributed by atoms with E-state index in [9.17, 15) is 9.59 Å². The van der Waals surface area contributed by atoms with E-state index in [0.717, 1.165) is 0 Å². The maximum atomic E-state index is 10.9. The Balaban J connectivity index is 3.23. The van der Waals surface area contributed by atoms with Crippen LogP contribution in [0.25, 0.3) is 6.08 Å². The average Bonchev–Trinajstić information content (AvgIpc) is 2.15. The molecule has 0 saturated carbocycles. The summed E-state index contributed by atoms with van der Waals surface area (Å²) < 4.78 is 0. The van der Waals surface area contributed by atoms with Crippen molar-refractivity contribution in [3.05, 3.63) is 39.4 Å². The first-order valence-electron chi connectivity index (χ1n) is 3.98. The quantitative estimate of drug-likeness (QED) is 0.367. The van der Waals surface area contributed by atoms with Gasteiger partial charge in [-0.15, -0.1) is 0 Å². The molecule has 84 valence electrons. The molecular weight excluding hydrogens is 294 g/mol. The van der Waals surface area contributed by atoms with Crippen molar-refractivity contribution in [1.29, 1.82) is 0 Å². The zero-order chi connectivity index (χ0) is 12.3. The first kappa shape index (κ1) is 13.5. The molecule has 0 aromatic heterocycles. The van der Waals surface area contributed by atoms with Crippen LogP contribution in [-0.2, 0) is 9.59 Å². The Hall–Kier alpha value is -0.540. The number of carbonyl (C=O) groups excluding carboxylic acids is 2. The number of carbonyl (C=O) groups is 2. The summed E-state index contributed by atoms with van der Waals surface area (Å²) in [4.78, 5) is 21.8. The topological polar surface area (TPSA) is 34.1 Å². The summed E-state index contributed by atoms with van der Waals surface area (Å²) in [6, 6.07) is 4.59. The van der Waals surface area contributed by atoms with E-state index in [1.54, 1.807) is 12.1 Å². The molecule has 0 radical (unpaired) electrons. The predicted octanol–water partition coefficient (Wildman–Crippen LogP) is 3.91. The van der Waals surface area contributed by atoms with Crippen LogP contribution in [0.2, 0.25) is 10.0 Å². The average molecular weight is 298 g/mol. The number of benzene rings is 1. The molecule has 16 heavy (non-hydrogen) atoms. The third kappa shape index (κ3) is 3.49. The smallest absolute Gasteiger partial charge is 0.257 e. The summed E-state index contributed by atoms with van der Waals surface area (Å²) in [6.07, 6.45) is 1.21. The van der Waals surface area contributed by atoms with E-state index in [2.05, 4.69) is 0 Å². The lowest BCUT2D eigenvalue weighted by atomic mass is 10.1. The highest BCUT2D eigenvalue weighted by Gasteiger charge is 2.14. The molecule has 0 atom stereocenters. The summed E-state index contributed by atoms with van der Waals surface area (Å²) in [5.41, 5.74) is 0.0941. The Morgan fingerprint density at radius 1 is 1.06 bits per heavy atom. The Labute approximate surface area is 112 Å². The maximum absolute atomic E-state index is 10.9. The second-order valence-corrected chi connectivity index (χ2v) is 4.30. The van der Waals surface area contributed by atoms with Crippen LogP contribution < -0.4 is 0 Å². The van der Waals surface area contributed by atoms with Crippen molar-refractivity contribution in [3.8, 4) is 0 Å². The fourth-order valence-corrected chi connectivity index (χ4v) is 1.76. The lowest BCUT2D eigenvalue weighted by molar-refractivity contribution is -0.113. The van der Waals surface area contributed by atoms with Gasteiger partial charge in [0.05, 0.1) is 5.57 Å². The van der Waals surface area contributed by atoms with Gasteiger partial charge in [0, 0.05) is 10.0 Å². The standard InChI is InChI=1S/C10H4Cl4O2/c11-6-2-1-5(8(12)4-6)3-7(9(13)15)10(14)16/h1-4H. The number of allylic oxidation sites excluding steroid dienone is 1. The molecule has 0 N–H and O–H groups in total. The van der Waals surface area contributed by atoms with Crippen molar-refractivity contribution in [2.45, 2.75) is 0 Å². The van der Waals surface area contributed by atoms with Gasteiger partial charge in [-0.2, -0.15) is 0 Å². The summed E-state index contributed by atoms with van der Waals surface area (Å²) >= 11 is 21.9. The van der Waals surface area contributed by atoms with E-state index in [4.69, 9.17) is 46.4 Å². The third-order valence-electron chi connectivity index (χ3n) is 1.69. The van der Waals surface area contributed by atoms with E-state index < -0.39 is 10.5 Å². The normalized spacial score (nSPS) is 9.75. The molecule has 0 amide bonds. The van der Waals surface area contributed by atoms with Crippen molar-refractivity contribution < 1.29 is 9.59 Å². The predicted molar refractivity (Wildman–Crippen MR) is 66.2 cm³/mol. The first-order chi connectivity index (χ1) is 7.41.